The molecule has 0 radical (unpaired) electrons. The van der Waals surface area contributed by atoms with Crippen molar-refractivity contribution >= 4 is 23.1 Å². The van der Waals surface area contributed by atoms with Crippen LogP contribution in [0, 0.1) is 24.2 Å². The van der Waals surface area contributed by atoms with E-state index in [1.165, 1.54) is 25.7 Å². The van der Waals surface area contributed by atoms with E-state index in [1.807, 2.05) is 37.3 Å². The van der Waals surface area contributed by atoms with E-state index in [9.17, 15) is 13.2 Å². The molecular weight excluding hydrogens is 541 g/mol. The van der Waals surface area contributed by atoms with Crippen molar-refractivity contribution < 1.29 is 32.0 Å². The molecule has 222 valence electrons. The van der Waals surface area contributed by atoms with E-state index in [0.717, 1.165) is 17.5 Å². The molecule has 2 aromatic rings. The van der Waals surface area contributed by atoms with Gasteiger partial charge in [-0.2, -0.15) is 4.72 Å². The van der Waals surface area contributed by atoms with Crippen LogP contribution in [0.4, 0.5) is 0 Å². The molecule has 8 nitrogen and oxygen atoms in total. The lowest BCUT2D eigenvalue weighted by Crippen LogP contribution is -2.65. The molecule has 1 aliphatic heterocycles. The molecule has 0 unspecified atom stereocenters. The maximum atomic E-state index is 13.3. The van der Waals surface area contributed by atoms with Gasteiger partial charge < -0.3 is 18.8 Å². The van der Waals surface area contributed by atoms with E-state index in [4.69, 9.17) is 18.8 Å². The molecule has 1 heterocycles. The minimum absolute atomic E-state index is 0.0729. The Balaban J connectivity index is 1.29. The van der Waals surface area contributed by atoms with Crippen LogP contribution in [-0.2, 0) is 40.2 Å². The SMILES string of the molecule is COC(=O)[C@@H](NS(=O)(=O)c1ccc(C)cc1)[C@H](CCCB1O[C@@H]2C[C@@H]3C[C@@H](C3(C)C)[C@]2(C)O1)OCc1ccccc1. The number of aryl methyl sites for hydroxylation is 1. The third-order valence-corrected chi connectivity index (χ3v) is 11.1. The monoisotopic (exact) mass is 583 g/mol. The lowest BCUT2D eigenvalue weighted by molar-refractivity contribution is -0.199. The summed E-state index contributed by atoms with van der Waals surface area (Å²) < 4.78 is 53.4. The van der Waals surface area contributed by atoms with Crippen LogP contribution in [0.15, 0.2) is 59.5 Å². The molecule has 0 aromatic heterocycles. The van der Waals surface area contributed by atoms with E-state index in [2.05, 4.69) is 25.5 Å². The second kappa shape index (κ2) is 11.8. The Morgan fingerprint density at radius 1 is 1.10 bits per heavy atom. The summed E-state index contributed by atoms with van der Waals surface area (Å²) in [5, 5.41) is 0. The van der Waals surface area contributed by atoms with Gasteiger partial charge in [0.2, 0.25) is 10.0 Å². The lowest BCUT2D eigenvalue weighted by atomic mass is 9.43. The molecule has 3 aliphatic carbocycles. The van der Waals surface area contributed by atoms with Gasteiger partial charge in [0.25, 0.3) is 0 Å². The fraction of sp³-hybridized carbons (Fsp3) is 0.581. The van der Waals surface area contributed by atoms with Gasteiger partial charge in [-0.15, -0.1) is 0 Å². The highest BCUT2D eigenvalue weighted by atomic mass is 32.2. The van der Waals surface area contributed by atoms with Gasteiger partial charge in [-0.1, -0.05) is 68.3 Å². The minimum Gasteiger partial charge on any atom is -0.468 e. The number of ether oxygens (including phenoxy) is 2. The first-order chi connectivity index (χ1) is 19.4. The summed E-state index contributed by atoms with van der Waals surface area (Å²) in [6.07, 6.45) is 3.17. The fourth-order valence-corrected chi connectivity index (χ4v) is 8.25. The molecule has 0 spiro atoms. The summed E-state index contributed by atoms with van der Waals surface area (Å²) in [4.78, 5) is 13.1. The predicted molar refractivity (Wildman–Crippen MR) is 156 cm³/mol. The number of hydrogen-bond donors (Lipinski definition) is 1. The smallest absolute Gasteiger partial charge is 0.457 e. The molecule has 6 atom stereocenters. The molecule has 10 heteroatoms. The van der Waals surface area contributed by atoms with Crippen molar-refractivity contribution in [3.8, 4) is 0 Å². The average molecular weight is 584 g/mol. The Kier molecular flexibility index (Phi) is 8.70. The quantitative estimate of drug-likeness (QED) is 0.280. The standard InChI is InChI=1S/C31H42BNO7S/c1-21-13-15-24(16-14-21)41(35,36)33-28(29(34)37-5)25(38-20-22-10-7-6-8-11-22)12-9-17-32-39-27-19-23-18-26(30(23,2)3)31(27,4)40-32/h6-8,10-11,13-16,23,25-28,33H,9,12,17-20H2,1-5H3/t23-,25-,26-,27+,28-,31-/m0/s1. The van der Waals surface area contributed by atoms with E-state index in [1.54, 1.807) is 12.1 Å². The minimum atomic E-state index is -4.02. The van der Waals surface area contributed by atoms with Gasteiger partial charge in [0, 0.05) is 0 Å². The molecular formula is C31H42BNO7S. The molecule has 6 rings (SSSR count). The van der Waals surface area contributed by atoms with Gasteiger partial charge in [-0.3, -0.25) is 4.79 Å². The molecule has 4 aliphatic rings. The molecule has 41 heavy (non-hydrogen) atoms. The van der Waals surface area contributed by atoms with Crippen LogP contribution in [0.3, 0.4) is 0 Å². The van der Waals surface area contributed by atoms with Crippen LogP contribution >= 0.6 is 0 Å². The molecule has 2 bridgehead atoms. The van der Waals surface area contributed by atoms with E-state index >= 15 is 0 Å². The first-order valence-electron chi connectivity index (χ1n) is 14.6. The molecule has 1 saturated heterocycles. The maximum Gasteiger partial charge on any atom is 0.457 e. The molecule has 0 amide bonds. The van der Waals surface area contributed by atoms with Gasteiger partial charge in [0.15, 0.2) is 0 Å². The Morgan fingerprint density at radius 3 is 2.46 bits per heavy atom. The van der Waals surface area contributed by atoms with Crippen LogP contribution in [0.5, 0.6) is 0 Å². The van der Waals surface area contributed by atoms with Gasteiger partial charge >= 0.3 is 13.1 Å². The highest BCUT2D eigenvalue weighted by Gasteiger charge is 2.67. The number of esters is 1. The summed E-state index contributed by atoms with van der Waals surface area (Å²) in [7, 11) is -3.10. The van der Waals surface area contributed by atoms with E-state index in [-0.39, 0.29) is 35.7 Å². The summed E-state index contributed by atoms with van der Waals surface area (Å²) in [6, 6.07) is 14.8. The fourth-order valence-electron chi connectivity index (χ4n) is 7.04. The zero-order chi connectivity index (χ0) is 29.4. The van der Waals surface area contributed by atoms with E-state index < -0.39 is 28.1 Å². The Bertz CT molecular complexity index is 1320. The van der Waals surface area contributed by atoms with Crippen LogP contribution in [0.25, 0.3) is 0 Å². The number of sulfonamides is 1. The Morgan fingerprint density at radius 2 is 1.80 bits per heavy atom. The third-order valence-electron chi connectivity index (χ3n) is 9.68. The number of carbonyl (C=O) groups excluding carboxylic acids is 1. The van der Waals surface area contributed by atoms with Crippen LogP contribution in [-0.4, -0.2) is 52.5 Å². The van der Waals surface area contributed by atoms with Crippen molar-refractivity contribution in [2.45, 2.75) is 95.1 Å². The second-order valence-corrected chi connectivity index (χ2v) is 14.3. The summed E-state index contributed by atoms with van der Waals surface area (Å²) >= 11 is 0. The highest BCUT2D eigenvalue weighted by Crippen LogP contribution is 2.65. The maximum absolute atomic E-state index is 13.3. The molecule has 4 fully saturated rings. The van der Waals surface area contributed by atoms with Gasteiger partial charge in [0.1, 0.15) is 6.04 Å². The summed E-state index contributed by atoms with van der Waals surface area (Å²) in [6.45, 7) is 8.97. The van der Waals surface area contributed by atoms with Gasteiger partial charge in [-0.25, -0.2) is 8.42 Å². The zero-order valence-electron chi connectivity index (χ0n) is 24.7. The normalized spacial score (nSPS) is 27.9. The molecule has 3 saturated carbocycles. The van der Waals surface area contributed by atoms with Crippen molar-refractivity contribution in [2.24, 2.45) is 17.3 Å². The topological polar surface area (TPSA) is 100 Å². The highest BCUT2D eigenvalue weighted by molar-refractivity contribution is 7.89. The van der Waals surface area contributed by atoms with Crippen molar-refractivity contribution in [3.63, 3.8) is 0 Å². The van der Waals surface area contributed by atoms with Crippen molar-refractivity contribution in [1.29, 1.82) is 0 Å². The zero-order valence-corrected chi connectivity index (χ0v) is 25.5. The average Bonchev–Trinajstić information content (AvgIpc) is 3.30. The van der Waals surface area contributed by atoms with Crippen LogP contribution < -0.4 is 4.72 Å². The summed E-state index contributed by atoms with van der Waals surface area (Å²) in [5.41, 5.74) is 1.83. The molecule has 2 aromatic carbocycles. The first kappa shape index (κ1) is 30.2. The van der Waals surface area contributed by atoms with Crippen molar-refractivity contribution in [2.75, 3.05) is 7.11 Å². The van der Waals surface area contributed by atoms with E-state index in [0.29, 0.717) is 31.0 Å². The number of carbonyl (C=O) groups is 1. The van der Waals surface area contributed by atoms with Crippen LogP contribution in [0.2, 0.25) is 6.32 Å². The summed E-state index contributed by atoms with van der Waals surface area (Å²) in [5.74, 6) is 0.448. The van der Waals surface area contributed by atoms with Crippen LogP contribution in [0.1, 0.15) is 57.6 Å². The number of methoxy groups -OCH3 is 1. The van der Waals surface area contributed by atoms with Gasteiger partial charge in [-0.05, 0) is 74.4 Å². The third kappa shape index (κ3) is 6.13. The second-order valence-electron chi connectivity index (χ2n) is 12.6. The Hall–Kier alpha value is -2.24. The van der Waals surface area contributed by atoms with Gasteiger partial charge in [0.05, 0.1) is 36.4 Å². The number of nitrogens with one attached hydrogen (secondary N) is 1. The largest absolute Gasteiger partial charge is 0.468 e. The van der Waals surface area contributed by atoms with Crippen molar-refractivity contribution in [3.05, 3.63) is 65.7 Å². The Labute approximate surface area is 244 Å². The predicted octanol–water partition coefficient (Wildman–Crippen LogP) is 4.91. The lowest BCUT2D eigenvalue weighted by Gasteiger charge is -2.64. The molecule has 1 N–H and O–H groups in total. The number of rotatable bonds is 12. The first-order valence-corrected chi connectivity index (χ1v) is 16.1. The number of benzene rings is 2. The van der Waals surface area contributed by atoms with Crippen molar-refractivity contribution in [1.82, 2.24) is 4.72 Å². The number of hydrogen-bond acceptors (Lipinski definition) is 7.